The molecule has 98 valence electrons. The number of ether oxygens (including phenoxy) is 1. The first-order chi connectivity index (χ1) is 8.70. The minimum Gasteiger partial charge on any atom is -0.377 e. The number of amides is 1. The van der Waals surface area contributed by atoms with Crippen LogP contribution in [0.25, 0.3) is 0 Å². The summed E-state index contributed by atoms with van der Waals surface area (Å²) < 4.78 is 5.52. The topological polar surface area (TPSA) is 80.5 Å². The molecule has 6 heteroatoms. The number of hydrogen-bond acceptors (Lipinski definition) is 5. The maximum Gasteiger partial charge on any atom is 0.272 e. The number of carbonyl (C=O) groups is 1. The minimum atomic E-state index is -0.0792. The van der Waals surface area contributed by atoms with Gasteiger partial charge in [0.2, 0.25) is 0 Å². The normalized spacial score (nSPS) is 20.3. The van der Waals surface area contributed by atoms with E-state index in [0.29, 0.717) is 31.2 Å². The fourth-order valence-electron chi connectivity index (χ4n) is 1.97. The minimum absolute atomic E-state index is 0.0623. The van der Waals surface area contributed by atoms with Crippen molar-refractivity contribution in [3.63, 3.8) is 0 Å². The monoisotopic (exact) mass is 250 g/mol. The van der Waals surface area contributed by atoms with Crippen molar-refractivity contribution in [2.24, 2.45) is 5.84 Å². The van der Waals surface area contributed by atoms with Gasteiger partial charge >= 0.3 is 0 Å². The summed E-state index contributed by atoms with van der Waals surface area (Å²) in [6.45, 7) is 3.96. The van der Waals surface area contributed by atoms with Crippen molar-refractivity contribution in [1.82, 2.24) is 9.88 Å². The Bertz CT molecular complexity index is 424. The molecule has 1 fully saturated rings. The van der Waals surface area contributed by atoms with Gasteiger partial charge in [-0.2, -0.15) is 0 Å². The smallest absolute Gasteiger partial charge is 0.272 e. The number of nitrogens with one attached hydrogen (secondary N) is 1. The fourth-order valence-corrected chi connectivity index (χ4v) is 1.97. The average Bonchev–Trinajstić information content (AvgIpc) is 2.62. The number of hydrogen-bond donors (Lipinski definition) is 2. The van der Waals surface area contributed by atoms with E-state index < -0.39 is 0 Å². The van der Waals surface area contributed by atoms with Gasteiger partial charge in [-0.15, -0.1) is 0 Å². The van der Waals surface area contributed by atoms with Gasteiger partial charge in [-0.1, -0.05) is 6.07 Å². The zero-order valence-electron chi connectivity index (χ0n) is 10.4. The molecule has 2 rings (SSSR count). The lowest BCUT2D eigenvalue weighted by Crippen LogP contribution is -2.36. The Morgan fingerprint density at radius 1 is 1.61 bits per heavy atom. The van der Waals surface area contributed by atoms with Crippen LogP contribution in [-0.2, 0) is 4.74 Å². The molecule has 1 unspecified atom stereocenters. The van der Waals surface area contributed by atoms with Crippen molar-refractivity contribution in [2.45, 2.75) is 19.4 Å². The van der Waals surface area contributed by atoms with E-state index in [4.69, 9.17) is 10.6 Å². The third kappa shape index (κ3) is 2.96. The zero-order valence-corrected chi connectivity index (χ0v) is 10.4. The van der Waals surface area contributed by atoms with Crippen molar-refractivity contribution in [2.75, 3.05) is 25.1 Å². The summed E-state index contributed by atoms with van der Waals surface area (Å²) >= 11 is 0. The van der Waals surface area contributed by atoms with Crippen molar-refractivity contribution in [3.05, 3.63) is 23.9 Å². The molecule has 1 aromatic heterocycles. The van der Waals surface area contributed by atoms with Gasteiger partial charge in [0.05, 0.1) is 6.10 Å². The molecule has 18 heavy (non-hydrogen) atoms. The van der Waals surface area contributed by atoms with E-state index in [-0.39, 0.29) is 12.0 Å². The van der Waals surface area contributed by atoms with Gasteiger partial charge in [0, 0.05) is 19.7 Å². The summed E-state index contributed by atoms with van der Waals surface area (Å²) in [7, 11) is 0. The molecule has 3 N–H and O–H groups in total. The van der Waals surface area contributed by atoms with Gasteiger partial charge in [-0.3, -0.25) is 4.79 Å². The predicted molar refractivity (Wildman–Crippen MR) is 68.0 cm³/mol. The Hall–Kier alpha value is -1.66. The van der Waals surface area contributed by atoms with Gasteiger partial charge in [-0.25, -0.2) is 10.8 Å². The number of nitrogen functional groups attached to an aromatic ring is 1. The SMILES string of the molecule is CC1CN(C(=O)c2cccc(NN)n2)CCCO1. The number of hydrazine groups is 1. The highest BCUT2D eigenvalue weighted by molar-refractivity contribution is 5.92. The lowest BCUT2D eigenvalue weighted by atomic mass is 10.2. The van der Waals surface area contributed by atoms with Gasteiger partial charge in [0.15, 0.2) is 0 Å². The average molecular weight is 250 g/mol. The standard InChI is InChI=1S/C12H18N4O2/c1-9-8-16(6-3-7-18-9)12(17)10-4-2-5-11(14-10)15-13/h2,4-5,9H,3,6-8,13H2,1H3,(H,14,15). The second-order valence-electron chi connectivity index (χ2n) is 4.34. The highest BCUT2D eigenvalue weighted by Crippen LogP contribution is 2.11. The highest BCUT2D eigenvalue weighted by atomic mass is 16.5. The first kappa shape index (κ1) is 12.8. The van der Waals surface area contributed by atoms with Crippen LogP contribution in [0.1, 0.15) is 23.8 Å². The van der Waals surface area contributed by atoms with Crippen LogP contribution in [0.15, 0.2) is 18.2 Å². The molecule has 1 aliphatic heterocycles. The molecule has 0 saturated carbocycles. The highest BCUT2D eigenvalue weighted by Gasteiger charge is 2.21. The Labute approximate surface area is 106 Å². The third-order valence-corrected chi connectivity index (χ3v) is 2.86. The molecule has 6 nitrogen and oxygen atoms in total. The molecular formula is C12H18N4O2. The van der Waals surface area contributed by atoms with E-state index in [1.807, 2.05) is 6.92 Å². The first-order valence-electron chi connectivity index (χ1n) is 6.05. The Morgan fingerprint density at radius 2 is 2.44 bits per heavy atom. The van der Waals surface area contributed by atoms with Gasteiger partial charge in [-0.05, 0) is 25.5 Å². The van der Waals surface area contributed by atoms with Crippen LogP contribution in [0.5, 0.6) is 0 Å². The number of pyridine rings is 1. The van der Waals surface area contributed by atoms with E-state index in [2.05, 4.69) is 10.4 Å². The van der Waals surface area contributed by atoms with Gasteiger partial charge in [0.25, 0.3) is 5.91 Å². The lowest BCUT2D eigenvalue weighted by molar-refractivity contribution is 0.0559. The molecule has 1 atom stereocenters. The fraction of sp³-hybridized carbons (Fsp3) is 0.500. The molecule has 0 spiro atoms. The summed E-state index contributed by atoms with van der Waals surface area (Å²) in [6, 6.07) is 5.16. The summed E-state index contributed by atoms with van der Waals surface area (Å²) in [6.07, 6.45) is 0.914. The lowest BCUT2D eigenvalue weighted by Gasteiger charge is -2.21. The van der Waals surface area contributed by atoms with E-state index in [9.17, 15) is 4.79 Å². The molecule has 1 aromatic rings. The van der Waals surface area contributed by atoms with E-state index in [1.54, 1.807) is 23.1 Å². The summed E-state index contributed by atoms with van der Waals surface area (Å²) in [5, 5.41) is 0. The zero-order chi connectivity index (χ0) is 13.0. The maximum absolute atomic E-state index is 12.3. The van der Waals surface area contributed by atoms with Gasteiger partial charge < -0.3 is 15.1 Å². The van der Waals surface area contributed by atoms with Crippen LogP contribution in [0.2, 0.25) is 0 Å². The molecule has 1 saturated heterocycles. The number of anilines is 1. The number of rotatable bonds is 2. The molecular weight excluding hydrogens is 232 g/mol. The molecule has 1 aliphatic rings. The second kappa shape index (κ2) is 5.79. The van der Waals surface area contributed by atoms with Crippen LogP contribution in [-0.4, -0.2) is 41.6 Å². The van der Waals surface area contributed by atoms with Crippen molar-refractivity contribution >= 4 is 11.7 Å². The molecule has 0 bridgehead atoms. The molecule has 2 heterocycles. The Morgan fingerprint density at radius 3 is 3.22 bits per heavy atom. The number of aromatic nitrogens is 1. The number of nitrogens with two attached hydrogens (primary N) is 1. The van der Waals surface area contributed by atoms with Gasteiger partial charge in [0.1, 0.15) is 11.5 Å². The van der Waals surface area contributed by atoms with Crippen molar-refractivity contribution in [1.29, 1.82) is 0 Å². The van der Waals surface area contributed by atoms with Crippen LogP contribution in [0, 0.1) is 0 Å². The van der Waals surface area contributed by atoms with E-state index >= 15 is 0 Å². The van der Waals surface area contributed by atoms with Crippen LogP contribution in [0.4, 0.5) is 5.82 Å². The summed E-state index contributed by atoms with van der Waals surface area (Å²) in [5.74, 6) is 5.69. The van der Waals surface area contributed by atoms with Crippen molar-refractivity contribution < 1.29 is 9.53 Å². The Balaban J connectivity index is 2.13. The number of carbonyl (C=O) groups excluding carboxylic acids is 1. The summed E-state index contributed by atoms with van der Waals surface area (Å²) in [5.41, 5.74) is 2.84. The number of nitrogens with zero attached hydrogens (tertiary/aromatic N) is 2. The largest absolute Gasteiger partial charge is 0.377 e. The molecule has 1 amide bonds. The predicted octanol–water partition coefficient (Wildman–Crippen LogP) is 0.618. The first-order valence-corrected chi connectivity index (χ1v) is 6.05. The van der Waals surface area contributed by atoms with Crippen LogP contribution < -0.4 is 11.3 Å². The maximum atomic E-state index is 12.3. The van der Waals surface area contributed by atoms with E-state index in [1.165, 1.54) is 0 Å². The van der Waals surface area contributed by atoms with Crippen LogP contribution in [0.3, 0.4) is 0 Å². The van der Waals surface area contributed by atoms with Crippen molar-refractivity contribution in [3.8, 4) is 0 Å². The quantitative estimate of drug-likeness (QED) is 0.594. The molecule has 0 aromatic carbocycles. The molecule has 0 radical (unpaired) electrons. The Kier molecular flexibility index (Phi) is 4.11. The van der Waals surface area contributed by atoms with E-state index in [0.717, 1.165) is 6.42 Å². The second-order valence-corrected chi connectivity index (χ2v) is 4.34. The third-order valence-electron chi connectivity index (χ3n) is 2.86. The van der Waals surface area contributed by atoms with Crippen LogP contribution >= 0.6 is 0 Å². The molecule has 0 aliphatic carbocycles. The summed E-state index contributed by atoms with van der Waals surface area (Å²) in [4.78, 5) is 18.2.